The van der Waals surface area contributed by atoms with Gasteiger partial charge < -0.3 is 19.2 Å². The number of nitrogens with zero attached hydrogens (tertiary/aromatic N) is 2. The SMILES string of the molecule is CCOc1ccc(C2=NC(c3ccc(CN(C)C)cc3C)NO2)cc1OCC. The zero-order chi connectivity index (χ0) is 20.1. The molecule has 0 bridgehead atoms. The molecule has 6 nitrogen and oxygen atoms in total. The zero-order valence-electron chi connectivity index (χ0n) is 17.3. The molecule has 0 saturated carbocycles. The van der Waals surface area contributed by atoms with Crippen molar-refractivity contribution in [3.05, 3.63) is 58.7 Å². The third-order valence-corrected chi connectivity index (χ3v) is 4.43. The van der Waals surface area contributed by atoms with Gasteiger partial charge in [0, 0.05) is 12.1 Å². The Labute approximate surface area is 167 Å². The van der Waals surface area contributed by atoms with Crippen LogP contribution in [0.3, 0.4) is 0 Å². The van der Waals surface area contributed by atoms with Crippen LogP contribution < -0.4 is 15.0 Å². The van der Waals surface area contributed by atoms with E-state index in [-0.39, 0.29) is 6.17 Å². The summed E-state index contributed by atoms with van der Waals surface area (Å²) < 4.78 is 11.3. The van der Waals surface area contributed by atoms with Gasteiger partial charge in [-0.15, -0.1) is 5.48 Å². The van der Waals surface area contributed by atoms with E-state index in [4.69, 9.17) is 19.3 Å². The number of aliphatic imine (C=N–C) groups is 1. The number of nitrogens with one attached hydrogen (secondary N) is 1. The minimum Gasteiger partial charge on any atom is -0.490 e. The molecule has 1 atom stereocenters. The number of hydrogen-bond acceptors (Lipinski definition) is 6. The van der Waals surface area contributed by atoms with Gasteiger partial charge in [-0.05, 0) is 69.8 Å². The third kappa shape index (κ3) is 4.64. The molecule has 0 radical (unpaired) electrons. The van der Waals surface area contributed by atoms with Crippen molar-refractivity contribution in [3.8, 4) is 11.5 Å². The lowest BCUT2D eigenvalue weighted by molar-refractivity contribution is 0.180. The second-order valence-corrected chi connectivity index (χ2v) is 7.01. The maximum Gasteiger partial charge on any atom is 0.242 e. The molecule has 0 aliphatic carbocycles. The molecule has 1 N–H and O–H groups in total. The lowest BCUT2D eigenvalue weighted by atomic mass is 10.0. The second-order valence-electron chi connectivity index (χ2n) is 7.01. The number of benzene rings is 2. The summed E-state index contributed by atoms with van der Waals surface area (Å²) in [5.41, 5.74) is 7.45. The topological polar surface area (TPSA) is 55.3 Å². The smallest absolute Gasteiger partial charge is 0.242 e. The first-order valence-corrected chi connectivity index (χ1v) is 9.66. The number of rotatable bonds is 8. The highest BCUT2D eigenvalue weighted by Gasteiger charge is 2.24. The van der Waals surface area contributed by atoms with E-state index in [1.54, 1.807) is 0 Å². The fourth-order valence-corrected chi connectivity index (χ4v) is 3.24. The van der Waals surface area contributed by atoms with E-state index >= 15 is 0 Å². The van der Waals surface area contributed by atoms with Gasteiger partial charge in [0.1, 0.15) is 0 Å². The highest BCUT2D eigenvalue weighted by Crippen LogP contribution is 2.31. The predicted molar refractivity (Wildman–Crippen MR) is 111 cm³/mol. The minimum absolute atomic E-state index is 0.231. The highest BCUT2D eigenvalue weighted by atomic mass is 16.7. The van der Waals surface area contributed by atoms with Crippen molar-refractivity contribution in [2.24, 2.45) is 4.99 Å². The molecular weight excluding hydrogens is 354 g/mol. The molecule has 0 fully saturated rings. The number of aryl methyl sites for hydroxylation is 1. The van der Waals surface area contributed by atoms with Crippen LogP contribution >= 0.6 is 0 Å². The molecule has 2 aromatic carbocycles. The summed E-state index contributed by atoms with van der Waals surface area (Å²) >= 11 is 0. The summed E-state index contributed by atoms with van der Waals surface area (Å²) in [6.45, 7) is 8.07. The molecule has 6 heteroatoms. The molecule has 0 spiro atoms. The van der Waals surface area contributed by atoms with Crippen LogP contribution in [-0.2, 0) is 11.4 Å². The molecular formula is C22H29N3O3. The molecule has 1 unspecified atom stereocenters. The molecule has 0 aromatic heterocycles. The Balaban J connectivity index is 1.83. The van der Waals surface area contributed by atoms with Crippen molar-refractivity contribution in [1.82, 2.24) is 10.4 Å². The average molecular weight is 383 g/mol. The Morgan fingerprint density at radius 1 is 1.04 bits per heavy atom. The fourth-order valence-electron chi connectivity index (χ4n) is 3.24. The van der Waals surface area contributed by atoms with Crippen LogP contribution in [0.25, 0.3) is 0 Å². The van der Waals surface area contributed by atoms with Crippen LogP contribution in [0.1, 0.15) is 42.3 Å². The summed E-state index contributed by atoms with van der Waals surface area (Å²) in [5.74, 6) is 1.97. The number of ether oxygens (including phenoxy) is 2. The molecule has 1 aliphatic rings. The van der Waals surface area contributed by atoms with Gasteiger partial charge in [0.05, 0.1) is 13.2 Å². The van der Waals surface area contributed by atoms with Gasteiger partial charge in [0.25, 0.3) is 0 Å². The van der Waals surface area contributed by atoms with E-state index in [1.807, 2.05) is 32.0 Å². The lowest BCUT2D eigenvalue weighted by Crippen LogP contribution is -2.16. The molecule has 28 heavy (non-hydrogen) atoms. The standard InChI is InChI=1S/C22H29N3O3/c1-6-26-19-11-9-17(13-20(19)27-7-2)22-23-21(24-28-22)18-10-8-16(12-15(18)3)14-25(4)5/h8-13,21,24H,6-7,14H2,1-5H3. The Kier molecular flexibility index (Phi) is 6.54. The van der Waals surface area contributed by atoms with E-state index in [0.717, 1.165) is 23.4 Å². The lowest BCUT2D eigenvalue weighted by Gasteiger charge is -2.14. The van der Waals surface area contributed by atoms with Crippen LogP contribution in [0.5, 0.6) is 11.5 Å². The van der Waals surface area contributed by atoms with Crippen molar-refractivity contribution in [3.63, 3.8) is 0 Å². The number of hydrogen-bond donors (Lipinski definition) is 1. The van der Waals surface area contributed by atoms with Crippen LogP contribution in [-0.4, -0.2) is 38.1 Å². The summed E-state index contributed by atoms with van der Waals surface area (Å²) in [6.07, 6.45) is -0.231. The Bertz CT molecular complexity index is 849. The molecule has 0 amide bonds. The molecule has 1 aliphatic heterocycles. The van der Waals surface area contributed by atoms with Gasteiger partial charge in [-0.3, -0.25) is 0 Å². The van der Waals surface area contributed by atoms with Gasteiger partial charge in [-0.25, -0.2) is 4.99 Å². The first kappa shape index (κ1) is 20.2. The van der Waals surface area contributed by atoms with Crippen molar-refractivity contribution in [2.75, 3.05) is 27.3 Å². The average Bonchev–Trinajstić information content (AvgIpc) is 3.13. The first-order chi connectivity index (χ1) is 13.5. The van der Waals surface area contributed by atoms with Crippen LogP contribution in [0, 0.1) is 6.92 Å². The minimum atomic E-state index is -0.231. The van der Waals surface area contributed by atoms with Gasteiger partial charge in [0.15, 0.2) is 17.7 Å². The van der Waals surface area contributed by atoms with Crippen LogP contribution in [0.15, 0.2) is 41.4 Å². The molecule has 150 valence electrons. The monoisotopic (exact) mass is 383 g/mol. The maximum atomic E-state index is 5.71. The van der Waals surface area contributed by atoms with E-state index < -0.39 is 0 Å². The number of hydroxylamine groups is 1. The van der Waals surface area contributed by atoms with Gasteiger partial charge in [0.2, 0.25) is 5.90 Å². The normalized spacial score (nSPS) is 16.1. The Morgan fingerprint density at radius 2 is 1.79 bits per heavy atom. The third-order valence-electron chi connectivity index (χ3n) is 4.43. The van der Waals surface area contributed by atoms with Crippen molar-refractivity contribution >= 4 is 5.90 Å². The van der Waals surface area contributed by atoms with Gasteiger partial charge in [-0.1, -0.05) is 18.2 Å². The summed E-state index contributed by atoms with van der Waals surface area (Å²) in [5, 5.41) is 0. The predicted octanol–water partition coefficient (Wildman–Crippen LogP) is 3.83. The molecule has 0 saturated heterocycles. The Morgan fingerprint density at radius 3 is 2.46 bits per heavy atom. The van der Waals surface area contributed by atoms with Crippen LogP contribution in [0.2, 0.25) is 0 Å². The quantitative estimate of drug-likeness (QED) is 0.751. The maximum absolute atomic E-state index is 5.71. The van der Waals surface area contributed by atoms with Crippen molar-refractivity contribution < 1.29 is 14.3 Å². The highest BCUT2D eigenvalue weighted by molar-refractivity contribution is 5.95. The van der Waals surface area contributed by atoms with E-state index in [1.165, 1.54) is 11.1 Å². The summed E-state index contributed by atoms with van der Waals surface area (Å²) in [7, 11) is 4.14. The zero-order valence-corrected chi connectivity index (χ0v) is 17.3. The summed E-state index contributed by atoms with van der Waals surface area (Å²) in [6, 6.07) is 12.2. The second kappa shape index (κ2) is 9.08. The first-order valence-electron chi connectivity index (χ1n) is 9.66. The molecule has 1 heterocycles. The van der Waals surface area contributed by atoms with Gasteiger partial charge in [-0.2, -0.15) is 0 Å². The van der Waals surface area contributed by atoms with Crippen molar-refractivity contribution in [1.29, 1.82) is 0 Å². The molecule has 3 rings (SSSR count). The van der Waals surface area contributed by atoms with E-state index in [9.17, 15) is 0 Å². The largest absolute Gasteiger partial charge is 0.490 e. The Hall–Kier alpha value is -2.57. The van der Waals surface area contributed by atoms with Crippen molar-refractivity contribution in [2.45, 2.75) is 33.5 Å². The fraction of sp³-hybridized carbons (Fsp3) is 0.409. The summed E-state index contributed by atoms with van der Waals surface area (Å²) in [4.78, 5) is 12.6. The van der Waals surface area contributed by atoms with Gasteiger partial charge >= 0.3 is 0 Å². The van der Waals surface area contributed by atoms with Crippen LogP contribution in [0.4, 0.5) is 0 Å². The molecule has 2 aromatic rings. The van der Waals surface area contributed by atoms with E-state index in [0.29, 0.717) is 24.9 Å². The van der Waals surface area contributed by atoms with E-state index in [2.05, 4.69) is 49.6 Å².